The Balaban J connectivity index is 1.40. The topological polar surface area (TPSA) is 89.2 Å². The zero-order valence-electron chi connectivity index (χ0n) is 15.7. The second-order valence-electron chi connectivity index (χ2n) is 6.50. The number of nitrogens with zero attached hydrogens (tertiary/aromatic N) is 2. The van der Waals surface area contributed by atoms with E-state index in [4.69, 9.17) is 4.42 Å². The minimum atomic E-state index is -0.402. The maximum atomic E-state index is 12.6. The van der Waals surface area contributed by atoms with Crippen LogP contribution in [0.3, 0.4) is 0 Å². The van der Waals surface area contributed by atoms with E-state index in [1.807, 2.05) is 30.3 Å². The molecule has 0 unspecified atom stereocenters. The molecule has 2 aromatic heterocycles. The Labute approximate surface area is 180 Å². The minimum Gasteiger partial charge on any atom is -0.444 e. The molecule has 0 saturated carbocycles. The van der Waals surface area contributed by atoms with Crippen LogP contribution >= 0.6 is 15.9 Å². The third-order valence-electron chi connectivity index (χ3n) is 4.26. The lowest BCUT2D eigenvalue weighted by Crippen LogP contribution is -2.14. The van der Waals surface area contributed by atoms with Gasteiger partial charge in [-0.15, -0.1) is 0 Å². The quantitative estimate of drug-likeness (QED) is 0.429. The summed E-state index contributed by atoms with van der Waals surface area (Å²) < 4.78 is 7.45. The average molecular weight is 465 g/mol. The molecule has 2 aromatic carbocycles. The van der Waals surface area contributed by atoms with Crippen molar-refractivity contribution in [2.24, 2.45) is 0 Å². The van der Waals surface area contributed by atoms with E-state index in [1.54, 1.807) is 53.5 Å². The van der Waals surface area contributed by atoms with E-state index in [9.17, 15) is 9.59 Å². The number of rotatable bonds is 6. The predicted molar refractivity (Wildman–Crippen MR) is 117 cm³/mol. The smallest absolute Gasteiger partial charge is 0.291 e. The Bertz CT molecular complexity index is 1180. The minimum absolute atomic E-state index is 0.169. The third-order valence-corrected chi connectivity index (χ3v) is 4.68. The van der Waals surface area contributed by atoms with Crippen molar-refractivity contribution in [3.8, 4) is 0 Å². The molecule has 0 saturated heterocycles. The summed E-state index contributed by atoms with van der Waals surface area (Å²) in [7, 11) is 0. The van der Waals surface area contributed by atoms with Crippen LogP contribution in [0.4, 0.5) is 11.4 Å². The van der Waals surface area contributed by atoms with Gasteiger partial charge in [0.05, 0.1) is 18.4 Å². The van der Waals surface area contributed by atoms with Crippen molar-refractivity contribution >= 4 is 39.1 Å². The van der Waals surface area contributed by atoms with Crippen LogP contribution < -0.4 is 10.6 Å². The van der Waals surface area contributed by atoms with Gasteiger partial charge in [0.25, 0.3) is 11.8 Å². The summed E-state index contributed by atoms with van der Waals surface area (Å²) in [4.78, 5) is 24.8. The van der Waals surface area contributed by atoms with Gasteiger partial charge < -0.3 is 15.1 Å². The lowest BCUT2D eigenvalue weighted by molar-refractivity contribution is 0.0992. The molecular weight excluding hydrogens is 448 g/mol. The standard InChI is InChI=1S/C22H17BrN4O3/c23-20-10-9-19(30-20)22(29)25-17-8-4-7-16(11-17)21(28)26-18-12-24-27(14-18)13-15-5-2-1-3-6-15/h1-12,14H,13H2,(H,25,29)(H,26,28). The summed E-state index contributed by atoms with van der Waals surface area (Å²) in [5.41, 5.74) is 2.60. The number of aromatic nitrogens is 2. The first kappa shape index (κ1) is 19.7. The van der Waals surface area contributed by atoms with Crippen LogP contribution in [0.2, 0.25) is 0 Å². The van der Waals surface area contributed by atoms with Gasteiger partial charge in [-0.25, -0.2) is 0 Å². The molecule has 0 bridgehead atoms. The fraction of sp³-hybridized carbons (Fsp3) is 0.0455. The van der Waals surface area contributed by atoms with Crippen molar-refractivity contribution in [1.82, 2.24) is 9.78 Å². The van der Waals surface area contributed by atoms with E-state index in [0.717, 1.165) is 5.56 Å². The molecule has 0 aliphatic carbocycles. The van der Waals surface area contributed by atoms with Gasteiger partial charge >= 0.3 is 0 Å². The first-order valence-corrected chi connectivity index (χ1v) is 9.90. The van der Waals surface area contributed by atoms with Gasteiger partial charge in [0.15, 0.2) is 10.4 Å². The van der Waals surface area contributed by atoms with Gasteiger partial charge in [-0.1, -0.05) is 36.4 Å². The van der Waals surface area contributed by atoms with Crippen LogP contribution in [0.5, 0.6) is 0 Å². The molecule has 150 valence electrons. The van der Waals surface area contributed by atoms with Gasteiger partial charge in [0, 0.05) is 17.4 Å². The fourth-order valence-electron chi connectivity index (χ4n) is 2.86. The van der Waals surface area contributed by atoms with Crippen molar-refractivity contribution in [3.63, 3.8) is 0 Å². The number of furan rings is 1. The van der Waals surface area contributed by atoms with Gasteiger partial charge in [-0.05, 0) is 51.8 Å². The van der Waals surface area contributed by atoms with Crippen LogP contribution in [0.15, 0.2) is 88.2 Å². The number of anilines is 2. The van der Waals surface area contributed by atoms with Crippen molar-refractivity contribution in [1.29, 1.82) is 0 Å². The molecule has 30 heavy (non-hydrogen) atoms. The number of benzene rings is 2. The molecule has 2 N–H and O–H groups in total. The van der Waals surface area contributed by atoms with E-state index >= 15 is 0 Å². The number of nitrogens with one attached hydrogen (secondary N) is 2. The molecule has 7 nitrogen and oxygen atoms in total. The number of halogens is 1. The summed E-state index contributed by atoms with van der Waals surface area (Å²) in [5.74, 6) is -0.533. The number of carbonyl (C=O) groups is 2. The zero-order valence-corrected chi connectivity index (χ0v) is 17.3. The first-order chi connectivity index (χ1) is 14.6. The highest BCUT2D eigenvalue weighted by Crippen LogP contribution is 2.18. The Kier molecular flexibility index (Phi) is 5.76. The van der Waals surface area contributed by atoms with E-state index in [2.05, 4.69) is 31.7 Å². The van der Waals surface area contributed by atoms with Crippen molar-refractivity contribution in [2.45, 2.75) is 6.54 Å². The summed E-state index contributed by atoms with van der Waals surface area (Å²) >= 11 is 3.16. The van der Waals surface area contributed by atoms with Gasteiger partial charge in [0.2, 0.25) is 0 Å². The summed E-state index contributed by atoms with van der Waals surface area (Å²) in [6, 6.07) is 19.8. The van der Waals surface area contributed by atoms with Gasteiger partial charge in [-0.2, -0.15) is 5.10 Å². The molecule has 0 aliphatic rings. The summed E-state index contributed by atoms with van der Waals surface area (Å²) in [6.07, 6.45) is 3.37. The summed E-state index contributed by atoms with van der Waals surface area (Å²) in [5, 5.41) is 9.81. The van der Waals surface area contributed by atoms with Gasteiger partial charge in [0.1, 0.15) is 0 Å². The highest BCUT2D eigenvalue weighted by atomic mass is 79.9. The van der Waals surface area contributed by atoms with Crippen LogP contribution in [-0.4, -0.2) is 21.6 Å². The predicted octanol–water partition coefficient (Wildman–Crippen LogP) is 4.79. The molecule has 0 fully saturated rings. The largest absolute Gasteiger partial charge is 0.444 e. The van der Waals surface area contributed by atoms with Crippen molar-refractivity contribution < 1.29 is 14.0 Å². The molecule has 2 amide bonds. The molecule has 0 radical (unpaired) electrons. The molecule has 4 aromatic rings. The molecule has 4 rings (SSSR count). The van der Waals surface area contributed by atoms with Gasteiger partial charge in [-0.3, -0.25) is 14.3 Å². The Morgan fingerprint density at radius 2 is 1.73 bits per heavy atom. The second-order valence-corrected chi connectivity index (χ2v) is 7.29. The number of hydrogen-bond acceptors (Lipinski definition) is 4. The van der Waals surface area contributed by atoms with E-state index in [1.165, 1.54) is 0 Å². The summed E-state index contributed by atoms with van der Waals surface area (Å²) in [6.45, 7) is 0.612. The Morgan fingerprint density at radius 3 is 2.50 bits per heavy atom. The van der Waals surface area contributed by atoms with E-state index < -0.39 is 5.91 Å². The van der Waals surface area contributed by atoms with Crippen LogP contribution in [-0.2, 0) is 6.54 Å². The number of hydrogen-bond donors (Lipinski definition) is 2. The average Bonchev–Trinajstić information content (AvgIpc) is 3.38. The highest BCUT2D eigenvalue weighted by Gasteiger charge is 2.13. The van der Waals surface area contributed by atoms with Crippen molar-refractivity contribution in [2.75, 3.05) is 10.6 Å². The molecule has 0 aliphatic heterocycles. The van der Waals surface area contributed by atoms with E-state index in [0.29, 0.717) is 28.2 Å². The lowest BCUT2D eigenvalue weighted by atomic mass is 10.2. The maximum absolute atomic E-state index is 12.6. The number of amides is 2. The molecule has 0 spiro atoms. The van der Waals surface area contributed by atoms with Crippen molar-refractivity contribution in [3.05, 3.63) is 101 Å². The molecule has 2 heterocycles. The maximum Gasteiger partial charge on any atom is 0.291 e. The van der Waals surface area contributed by atoms with Crippen LogP contribution in [0.1, 0.15) is 26.5 Å². The normalized spacial score (nSPS) is 10.6. The third kappa shape index (κ3) is 4.84. The Morgan fingerprint density at radius 1 is 0.933 bits per heavy atom. The molecular formula is C22H17BrN4O3. The monoisotopic (exact) mass is 464 g/mol. The second kappa shape index (κ2) is 8.79. The molecule has 0 atom stereocenters. The number of carbonyl (C=O) groups excluding carboxylic acids is 2. The zero-order chi connectivity index (χ0) is 20.9. The lowest BCUT2D eigenvalue weighted by Gasteiger charge is -2.07. The first-order valence-electron chi connectivity index (χ1n) is 9.11. The SMILES string of the molecule is O=C(Nc1cnn(Cc2ccccc2)c1)c1cccc(NC(=O)c2ccc(Br)o2)c1. The molecule has 8 heteroatoms. The van der Waals surface area contributed by atoms with E-state index in [-0.39, 0.29) is 11.7 Å². The highest BCUT2D eigenvalue weighted by molar-refractivity contribution is 9.10. The Hall–Kier alpha value is -3.65. The van der Waals surface area contributed by atoms with Crippen LogP contribution in [0.25, 0.3) is 0 Å². The fourth-order valence-corrected chi connectivity index (χ4v) is 3.16. The van der Waals surface area contributed by atoms with Crippen LogP contribution in [0, 0.1) is 0 Å².